The van der Waals surface area contributed by atoms with E-state index in [4.69, 9.17) is 16.3 Å². The van der Waals surface area contributed by atoms with Crippen LogP contribution in [0.5, 0.6) is 5.75 Å². The number of ether oxygens (including phenoxy) is 1. The van der Waals surface area contributed by atoms with E-state index in [9.17, 15) is 9.50 Å². The van der Waals surface area contributed by atoms with Crippen molar-refractivity contribution in [3.05, 3.63) is 62.8 Å². The second-order valence-electron chi connectivity index (χ2n) is 5.36. The van der Waals surface area contributed by atoms with Crippen molar-refractivity contribution in [2.75, 3.05) is 0 Å². The second-order valence-corrected chi connectivity index (χ2v) is 6.68. The number of aliphatic hydroxyl groups is 1. The minimum Gasteiger partial charge on any atom is -0.482 e. The minimum absolute atomic E-state index is 0.310. The summed E-state index contributed by atoms with van der Waals surface area (Å²) in [5.41, 5.74) is 0.504. The summed E-state index contributed by atoms with van der Waals surface area (Å²) in [5.74, 6) is 0.0957. The van der Waals surface area contributed by atoms with Gasteiger partial charge in [-0.2, -0.15) is 0 Å². The van der Waals surface area contributed by atoms with Crippen LogP contribution in [0.3, 0.4) is 0 Å². The van der Waals surface area contributed by atoms with Crippen molar-refractivity contribution in [2.24, 2.45) is 0 Å². The zero-order valence-electron chi connectivity index (χ0n) is 11.2. The lowest BCUT2D eigenvalue weighted by atomic mass is 9.85. The molecule has 2 nitrogen and oxygen atoms in total. The van der Waals surface area contributed by atoms with Crippen LogP contribution < -0.4 is 4.74 Å². The molecule has 2 aromatic rings. The molecule has 0 saturated carbocycles. The van der Waals surface area contributed by atoms with E-state index in [0.29, 0.717) is 22.8 Å². The number of hydrogen-bond acceptors (Lipinski definition) is 2. The third kappa shape index (κ3) is 2.68. The van der Waals surface area contributed by atoms with Crippen LogP contribution in [0.25, 0.3) is 0 Å². The maximum absolute atomic E-state index is 13.3. The molecule has 5 heteroatoms. The second kappa shape index (κ2) is 5.27. The predicted octanol–water partition coefficient (Wildman–Crippen LogP) is 4.97. The molecule has 2 unspecified atom stereocenters. The molecule has 0 bridgehead atoms. The van der Waals surface area contributed by atoms with Crippen molar-refractivity contribution in [3.8, 4) is 5.75 Å². The average Bonchev–Trinajstić information content (AvgIpc) is 2.39. The molecule has 0 amide bonds. The van der Waals surface area contributed by atoms with Crippen LogP contribution in [0.2, 0.25) is 5.02 Å². The van der Waals surface area contributed by atoms with Crippen molar-refractivity contribution >= 4 is 27.5 Å². The Morgan fingerprint density at radius 1 is 1.33 bits per heavy atom. The smallest absolute Gasteiger partial charge is 0.135 e. The molecule has 3 rings (SSSR count). The third-order valence-corrected chi connectivity index (χ3v) is 4.56. The van der Waals surface area contributed by atoms with Crippen LogP contribution in [-0.4, -0.2) is 5.11 Å². The summed E-state index contributed by atoms with van der Waals surface area (Å²) in [6.07, 6.45) is -0.487. The van der Waals surface area contributed by atoms with E-state index >= 15 is 0 Å². The third-order valence-electron chi connectivity index (χ3n) is 3.75. The van der Waals surface area contributed by atoms with Gasteiger partial charge in [-0.25, -0.2) is 4.39 Å². The monoisotopic (exact) mass is 370 g/mol. The molecule has 110 valence electrons. The number of halogens is 3. The lowest BCUT2D eigenvalue weighted by molar-refractivity contribution is -0.00504. The van der Waals surface area contributed by atoms with Crippen LogP contribution in [0.4, 0.5) is 4.39 Å². The zero-order valence-corrected chi connectivity index (χ0v) is 13.6. The van der Waals surface area contributed by atoms with Crippen LogP contribution in [-0.2, 0) is 5.60 Å². The molecule has 0 aromatic heterocycles. The normalized spacial score (nSPS) is 24.3. The van der Waals surface area contributed by atoms with E-state index in [1.54, 1.807) is 6.07 Å². The summed E-state index contributed by atoms with van der Waals surface area (Å²) in [6, 6.07) is 9.70. The van der Waals surface area contributed by atoms with Gasteiger partial charge in [-0.1, -0.05) is 33.6 Å². The van der Waals surface area contributed by atoms with Crippen LogP contribution in [0, 0.1) is 5.82 Å². The first-order chi connectivity index (χ1) is 9.89. The van der Waals surface area contributed by atoms with Gasteiger partial charge in [-0.3, -0.25) is 0 Å². The molecule has 1 aliphatic rings. The lowest BCUT2D eigenvalue weighted by Gasteiger charge is -2.39. The van der Waals surface area contributed by atoms with Crippen LogP contribution in [0.1, 0.15) is 30.6 Å². The molecule has 0 radical (unpaired) electrons. The van der Waals surface area contributed by atoms with Gasteiger partial charge < -0.3 is 9.84 Å². The van der Waals surface area contributed by atoms with E-state index in [2.05, 4.69) is 15.9 Å². The molecule has 0 aliphatic carbocycles. The molecule has 2 aromatic carbocycles. The van der Waals surface area contributed by atoms with Gasteiger partial charge in [0.2, 0.25) is 0 Å². The number of benzene rings is 2. The van der Waals surface area contributed by atoms with E-state index in [-0.39, 0.29) is 5.82 Å². The Morgan fingerprint density at radius 2 is 2.10 bits per heavy atom. The predicted molar refractivity (Wildman–Crippen MR) is 83.1 cm³/mol. The fourth-order valence-corrected chi connectivity index (χ4v) is 3.59. The molecule has 1 heterocycles. The molecule has 0 fully saturated rings. The summed E-state index contributed by atoms with van der Waals surface area (Å²) in [4.78, 5) is 0. The lowest BCUT2D eigenvalue weighted by Crippen LogP contribution is -2.36. The maximum Gasteiger partial charge on any atom is 0.135 e. The molecule has 1 N–H and O–H groups in total. The van der Waals surface area contributed by atoms with Gasteiger partial charge in [-0.15, -0.1) is 0 Å². The van der Waals surface area contributed by atoms with Gasteiger partial charge in [0.15, 0.2) is 0 Å². The Labute approximate surface area is 135 Å². The van der Waals surface area contributed by atoms with Crippen molar-refractivity contribution in [1.82, 2.24) is 0 Å². The fourth-order valence-electron chi connectivity index (χ4n) is 2.72. The summed E-state index contributed by atoms with van der Waals surface area (Å²) in [7, 11) is 0. The number of aliphatic hydroxyl groups excluding tert-OH is 1. The SMILES string of the molecule is CC1(c2ccc(Br)cc2Cl)CC(O)c2cc(F)ccc2O1. The Kier molecular flexibility index (Phi) is 3.72. The summed E-state index contributed by atoms with van der Waals surface area (Å²) in [6.45, 7) is 1.87. The van der Waals surface area contributed by atoms with Crippen molar-refractivity contribution in [2.45, 2.75) is 25.0 Å². The largest absolute Gasteiger partial charge is 0.482 e. The Bertz CT molecular complexity index is 707. The highest BCUT2D eigenvalue weighted by Crippen LogP contribution is 2.46. The Morgan fingerprint density at radius 3 is 2.81 bits per heavy atom. The molecular formula is C16H13BrClFO2. The van der Waals surface area contributed by atoms with Gasteiger partial charge in [0, 0.05) is 27.0 Å². The standard InChI is InChI=1S/C16H13BrClFO2/c1-16(12-4-2-9(17)6-13(12)18)8-14(20)11-7-10(19)3-5-15(11)21-16/h2-7,14,20H,8H2,1H3. The van der Waals surface area contributed by atoms with E-state index < -0.39 is 11.7 Å². The van der Waals surface area contributed by atoms with Gasteiger partial charge in [0.25, 0.3) is 0 Å². The molecule has 1 aliphatic heterocycles. The van der Waals surface area contributed by atoms with E-state index in [1.165, 1.54) is 18.2 Å². The fraction of sp³-hybridized carbons (Fsp3) is 0.250. The first-order valence-electron chi connectivity index (χ1n) is 6.51. The molecular weight excluding hydrogens is 359 g/mol. The first kappa shape index (κ1) is 14.8. The molecule has 0 spiro atoms. The van der Waals surface area contributed by atoms with Crippen LogP contribution >= 0.6 is 27.5 Å². The topological polar surface area (TPSA) is 29.5 Å². The zero-order chi connectivity index (χ0) is 15.2. The first-order valence-corrected chi connectivity index (χ1v) is 7.68. The number of hydrogen-bond donors (Lipinski definition) is 1. The highest BCUT2D eigenvalue weighted by molar-refractivity contribution is 9.10. The maximum atomic E-state index is 13.3. The highest BCUT2D eigenvalue weighted by atomic mass is 79.9. The molecule has 0 saturated heterocycles. The van der Waals surface area contributed by atoms with E-state index in [1.807, 2.05) is 19.1 Å². The summed E-state index contributed by atoms with van der Waals surface area (Å²) >= 11 is 9.67. The Balaban J connectivity index is 2.06. The van der Waals surface area contributed by atoms with Crippen molar-refractivity contribution in [1.29, 1.82) is 0 Å². The quantitative estimate of drug-likeness (QED) is 0.766. The van der Waals surface area contributed by atoms with Gasteiger partial charge >= 0.3 is 0 Å². The van der Waals surface area contributed by atoms with Gasteiger partial charge in [-0.05, 0) is 37.3 Å². The highest BCUT2D eigenvalue weighted by Gasteiger charge is 2.39. The average molecular weight is 372 g/mol. The van der Waals surface area contributed by atoms with E-state index in [0.717, 1.165) is 10.0 Å². The summed E-state index contributed by atoms with van der Waals surface area (Å²) in [5, 5.41) is 10.9. The van der Waals surface area contributed by atoms with Gasteiger partial charge in [0.1, 0.15) is 17.2 Å². The molecule has 21 heavy (non-hydrogen) atoms. The van der Waals surface area contributed by atoms with Crippen molar-refractivity contribution in [3.63, 3.8) is 0 Å². The molecule has 2 atom stereocenters. The van der Waals surface area contributed by atoms with Crippen LogP contribution in [0.15, 0.2) is 40.9 Å². The minimum atomic E-state index is -0.797. The van der Waals surface area contributed by atoms with Crippen molar-refractivity contribution < 1.29 is 14.2 Å². The summed E-state index contributed by atoms with van der Waals surface area (Å²) < 4.78 is 20.2. The van der Waals surface area contributed by atoms with Gasteiger partial charge in [0.05, 0.1) is 6.10 Å². The number of rotatable bonds is 1. The Hall–Kier alpha value is -1.10. The number of fused-ring (bicyclic) bond motifs is 1.